The molecule has 6 nitrogen and oxygen atoms in total. The Labute approximate surface area is 173 Å². The van der Waals surface area contributed by atoms with Crippen molar-refractivity contribution in [3.05, 3.63) is 0 Å². The van der Waals surface area contributed by atoms with E-state index in [1.807, 2.05) is 6.92 Å². The third kappa shape index (κ3) is 3.40. The lowest BCUT2D eigenvalue weighted by atomic mass is 9.53. The molecule has 5 fully saturated rings. The number of hydrogen-bond acceptors (Lipinski definition) is 6. The summed E-state index contributed by atoms with van der Waals surface area (Å²) >= 11 is 0. The Kier molecular flexibility index (Phi) is 4.93. The molecule has 5 aliphatic rings. The van der Waals surface area contributed by atoms with E-state index in [9.17, 15) is 9.59 Å². The Morgan fingerprint density at radius 2 is 2.03 bits per heavy atom. The van der Waals surface area contributed by atoms with E-state index < -0.39 is 0 Å². The van der Waals surface area contributed by atoms with Crippen molar-refractivity contribution >= 4 is 11.9 Å². The van der Waals surface area contributed by atoms with Gasteiger partial charge in [0.15, 0.2) is 0 Å². The molecule has 0 aromatic carbocycles. The fourth-order valence-corrected chi connectivity index (χ4v) is 7.06. The molecule has 3 aliphatic heterocycles. The topological polar surface area (TPSA) is 68.4 Å². The van der Waals surface area contributed by atoms with Crippen molar-refractivity contribution in [3.8, 4) is 0 Å². The number of esters is 2. The van der Waals surface area contributed by atoms with Gasteiger partial charge in [-0.25, -0.2) is 0 Å². The number of carbonyl (C=O) groups excluding carboxylic acids is 2. The third-order valence-corrected chi connectivity index (χ3v) is 8.74. The monoisotopic (exact) mass is 405 g/mol. The number of piperidine rings is 1. The zero-order valence-electron chi connectivity index (χ0n) is 17.9. The highest BCUT2D eigenvalue weighted by molar-refractivity contribution is 5.76. The predicted octanol–water partition coefficient (Wildman–Crippen LogP) is 2.79. The molecule has 6 atom stereocenters. The SMILES string of the molecule is CCOC(=O)C1CCN(C[C@H]2C(=O)O[C@@H]3C[C@@]4(C)CCC[C@]5(CO5)[C@@H]4C[C@@H]32)CC1. The molecule has 0 unspecified atom stereocenters. The lowest BCUT2D eigenvalue weighted by molar-refractivity contribution is -0.150. The highest BCUT2D eigenvalue weighted by Crippen LogP contribution is 2.62. The first-order valence-electron chi connectivity index (χ1n) is 11.7. The summed E-state index contributed by atoms with van der Waals surface area (Å²) in [5.74, 6) is 0.811. The first-order valence-corrected chi connectivity index (χ1v) is 11.7. The predicted molar refractivity (Wildman–Crippen MR) is 106 cm³/mol. The standard InChI is InChI=1S/C23H35NO5/c1-3-27-20(25)15-5-9-24(10-6-15)13-17-16-11-19-22(2,12-18(16)29-21(17)26)7-4-8-23(19)14-28-23/h15-19H,3-14H2,1-2H3/t16-,17-,18-,19-,22-,23+/m1/s1. The highest BCUT2D eigenvalue weighted by Gasteiger charge is 2.65. The van der Waals surface area contributed by atoms with Crippen LogP contribution in [0, 0.1) is 29.1 Å². The Morgan fingerprint density at radius 1 is 1.28 bits per heavy atom. The molecule has 5 rings (SSSR count). The molecular formula is C23H35NO5. The number of likely N-dealkylation sites (tertiary alicyclic amines) is 1. The number of rotatable bonds is 4. The van der Waals surface area contributed by atoms with Crippen LogP contribution in [0.1, 0.15) is 58.8 Å². The average Bonchev–Trinajstić information content (AvgIpc) is 3.40. The summed E-state index contributed by atoms with van der Waals surface area (Å²) in [6.07, 6.45) is 7.45. The minimum atomic E-state index is -0.0638. The Bertz CT molecular complexity index is 668. The van der Waals surface area contributed by atoms with Crippen LogP contribution in [0.4, 0.5) is 0 Å². The van der Waals surface area contributed by atoms with E-state index >= 15 is 0 Å². The fourth-order valence-electron chi connectivity index (χ4n) is 7.06. The van der Waals surface area contributed by atoms with Crippen molar-refractivity contribution in [2.24, 2.45) is 29.1 Å². The molecule has 0 radical (unpaired) electrons. The van der Waals surface area contributed by atoms with Gasteiger partial charge in [-0.15, -0.1) is 0 Å². The maximum Gasteiger partial charge on any atom is 0.310 e. The molecule has 2 aliphatic carbocycles. The normalized spacial score (nSPS) is 44.8. The van der Waals surface area contributed by atoms with Gasteiger partial charge in [0.25, 0.3) is 0 Å². The first kappa shape index (κ1) is 19.8. The van der Waals surface area contributed by atoms with Crippen LogP contribution in [0.3, 0.4) is 0 Å². The number of ether oxygens (including phenoxy) is 3. The fraction of sp³-hybridized carbons (Fsp3) is 0.913. The molecule has 162 valence electrons. The maximum absolute atomic E-state index is 12.8. The maximum atomic E-state index is 12.8. The lowest BCUT2D eigenvalue weighted by Crippen LogP contribution is -2.51. The summed E-state index contributed by atoms with van der Waals surface area (Å²) in [6, 6.07) is 0. The molecule has 0 aromatic heterocycles. The van der Waals surface area contributed by atoms with Gasteiger partial charge in [-0.3, -0.25) is 9.59 Å². The molecule has 3 heterocycles. The largest absolute Gasteiger partial charge is 0.466 e. The summed E-state index contributed by atoms with van der Waals surface area (Å²) in [4.78, 5) is 27.2. The zero-order chi connectivity index (χ0) is 20.2. The van der Waals surface area contributed by atoms with Gasteiger partial charge < -0.3 is 19.1 Å². The minimum Gasteiger partial charge on any atom is -0.466 e. The second kappa shape index (κ2) is 7.23. The number of epoxide rings is 1. The van der Waals surface area contributed by atoms with Gasteiger partial charge in [0, 0.05) is 12.5 Å². The van der Waals surface area contributed by atoms with E-state index in [1.165, 1.54) is 19.3 Å². The van der Waals surface area contributed by atoms with Crippen molar-refractivity contribution in [2.45, 2.75) is 70.5 Å². The van der Waals surface area contributed by atoms with Gasteiger partial charge in [-0.05, 0) is 76.3 Å². The van der Waals surface area contributed by atoms with Gasteiger partial charge in [0.05, 0.1) is 30.7 Å². The van der Waals surface area contributed by atoms with Crippen LogP contribution >= 0.6 is 0 Å². The molecule has 1 spiro atoms. The van der Waals surface area contributed by atoms with E-state index in [-0.39, 0.29) is 40.9 Å². The summed E-state index contributed by atoms with van der Waals surface area (Å²) in [7, 11) is 0. The van der Waals surface area contributed by atoms with Gasteiger partial charge in [0.2, 0.25) is 0 Å². The molecule has 0 N–H and O–H groups in total. The summed E-state index contributed by atoms with van der Waals surface area (Å²) in [6.45, 7) is 8.10. The van der Waals surface area contributed by atoms with Crippen LogP contribution in [0.2, 0.25) is 0 Å². The number of hydrogen-bond donors (Lipinski definition) is 0. The molecule has 0 aromatic rings. The van der Waals surface area contributed by atoms with Crippen molar-refractivity contribution in [1.82, 2.24) is 4.90 Å². The number of nitrogens with zero attached hydrogens (tertiary/aromatic N) is 1. The Balaban J connectivity index is 1.23. The van der Waals surface area contributed by atoms with E-state index in [0.29, 0.717) is 18.4 Å². The van der Waals surface area contributed by atoms with Crippen molar-refractivity contribution in [2.75, 3.05) is 32.8 Å². The number of carbonyl (C=O) groups is 2. The Morgan fingerprint density at radius 3 is 2.72 bits per heavy atom. The van der Waals surface area contributed by atoms with Crippen LogP contribution in [-0.2, 0) is 23.8 Å². The van der Waals surface area contributed by atoms with Crippen LogP contribution in [0.5, 0.6) is 0 Å². The van der Waals surface area contributed by atoms with Gasteiger partial charge in [0.1, 0.15) is 6.10 Å². The highest BCUT2D eigenvalue weighted by atomic mass is 16.6. The van der Waals surface area contributed by atoms with Crippen LogP contribution in [0.25, 0.3) is 0 Å². The summed E-state index contributed by atoms with van der Waals surface area (Å²) in [5.41, 5.74) is 0.356. The first-order chi connectivity index (χ1) is 13.9. The summed E-state index contributed by atoms with van der Waals surface area (Å²) in [5, 5.41) is 0. The molecular weight excluding hydrogens is 370 g/mol. The minimum absolute atomic E-state index is 0.000489. The van der Waals surface area contributed by atoms with Crippen molar-refractivity contribution in [3.63, 3.8) is 0 Å². The lowest BCUT2D eigenvalue weighted by Gasteiger charge is -2.51. The smallest absolute Gasteiger partial charge is 0.310 e. The average molecular weight is 406 g/mol. The molecule has 0 amide bonds. The third-order valence-electron chi connectivity index (χ3n) is 8.74. The van der Waals surface area contributed by atoms with Gasteiger partial charge in [-0.2, -0.15) is 0 Å². The second-order valence-corrected chi connectivity index (χ2v) is 10.4. The van der Waals surface area contributed by atoms with Crippen molar-refractivity contribution in [1.29, 1.82) is 0 Å². The van der Waals surface area contributed by atoms with E-state index in [4.69, 9.17) is 14.2 Å². The molecule has 2 saturated carbocycles. The molecule has 6 heteroatoms. The van der Waals surface area contributed by atoms with Gasteiger partial charge in [-0.1, -0.05) is 6.92 Å². The summed E-state index contributed by atoms with van der Waals surface area (Å²) < 4.78 is 17.1. The zero-order valence-corrected chi connectivity index (χ0v) is 17.9. The molecule has 0 bridgehead atoms. The van der Waals surface area contributed by atoms with Gasteiger partial charge >= 0.3 is 11.9 Å². The van der Waals surface area contributed by atoms with E-state index in [0.717, 1.165) is 51.9 Å². The quantitative estimate of drug-likeness (QED) is 0.529. The Hall–Kier alpha value is -1.14. The number of fused-ring (bicyclic) bond motifs is 3. The van der Waals surface area contributed by atoms with E-state index in [2.05, 4.69) is 11.8 Å². The van der Waals surface area contributed by atoms with Crippen LogP contribution in [-0.4, -0.2) is 61.4 Å². The van der Waals surface area contributed by atoms with Crippen LogP contribution in [0.15, 0.2) is 0 Å². The van der Waals surface area contributed by atoms with Crippen LogP contribution < -0.4 is 0 Å². The second-order valence-electron chi connectivity index (χ2n) is 10.4. The van der Waals surface area contributed by atoms with E-state index in [1.54, 1.807) is 0 Å². The molecule has 3 saturated heterocycles. The van der Waals surface area contributed by atoms with Crippen molar-refractivity contribution < 1.29 is 23.8 Å². The molecule has 29 heavy (non-hydrogen) atoms.